The molecule has 0 saturated carbocycles. The molecule has 1 aliphatic heterocycles. The van der Waals surface area contributed by atoms with Crippen LogP contribution in [0.4, 0.5) is 11.4 Å². The van der Waals surface area contributed by atoms with E-state index in [0.717, 1.165) is 5.56 Å². The summed E-state index contributed by atoms with van der Waals surface area (Å²) >= 11 is 0. The summed E-state index contributed by atoms with van der Waals surface area (Å²) in [5.74, 6) is -1.48. The number of fused-ring (bicyclic) bond motifs is 1. The summed E-state index contributed by atoms with van der Waals surface area (Å²) in [6, 6.07) is 31.4. The van der Waals surface area contributed by atoms with Crippen LogP contribution in [0.15, 0.2) is 114 Å². The van der Waals surface area contributed by atoms with Gasteiger partial charge in [0, 0.05) is 23.3 Å². The van der Waals surface area contributed by atoms with Gasteiger partial charge >= 0.3 is 0 Å². The first-order valence-electron chi connectivity index (χ1n) is 11.5. The van der Waals surface area contributed by atoms with E-state index in [2.05, 4.69) is 0 Å². The van der Waals surface area contributed by atoms with Gasteiger partial charge in [-0.05, 0) is 23.3 Å². The SMILES string of the molecule is O=C1c2ccccc2C(=O)C12C(c1ccc([N+](=O)[O-])cc1)C(c1ccccc1)=NN2c1ccccc1. The Balaban J connectivity index is 1.66. The molecular weight excluding hydrogens is 454 g/mol. The third-order valence-electron chi connectivity index (χ3n) is 6.85. The van der Waals surface area contributed by atoms with Crippen molar-refractivity contribution in [3.8, 4) is 0 Å². The summed E-state index contributed by atoms with van der Waals surface area (Å²) in [4.78, 5) is 39.5. The molecule has 0 saturated heterocycles. The van der Waals surface area contributed by atoms with E-state index in [0.29, 0.717) is 28.1 Å². The molecule has 36 heavy (non-hydrogen) atoms. The maximum atomic E-state index is 14.3. The fraction of sp³-hybridized carbons (Fsp3) is 0.0690. The van der Waals surface area contributed by atoms with E-state index in [1.807, 2.05) is 60.7 Å². The number of rotatable bonds is 4. The number of hydrogen-bond acceptors (Lipinski definition) is 6. The van der Waals surface area contributed by atoms with Gasteiger partial charge in [0.05, 0.1) is 22.2 Å². The first-order chi connectivity index (χ1) is 17.5. The Morgan fingerprint density at radius 2 is 1.25 bits per heavy atom. The molecule has 1 unspecified atom stereocenters. The van der Waals surface area contributed by atoms with Gasteiger partial charge in [0.1, 0.15) is 0 Å². The number of ketones is 2. The number of benzene rings is 4. The molecule has 0 aromatic heterocycles. The van der Waals surface area contributed by atoms with Gasteiger partial charge in [-0.2, -0.15) is 5.10 Å². The van der Waals surface area contributed by atoms with Crippen LogP contribution >= 0.6 is 0 Å². The van der Waals surface area contributed by atoms with E-state index in [4.69, 9.17) is 5.10 Å². The highest BCUT2D eigenvalue weighted by molar-refractivity contribution is 6.38. The zero-order valence-electron chi connectivity index (χ0n) is 18.9. The van der Waals surface area contributed by atoms with Gasteiger partial charge in [0.2, 0.25) is 5.54 Å². The Morgan fingerprint density at radius 3 is 1.81 bits per heavy atom. The highest BCUT2D eigenvalue weighted by Crippen LogP contribution is 2.51. The lowest BCUT2D eigenvalue weighted by Crippen LogP contribution is -2.57. The van der Waals surface area contributed by atoms with Gasteiger partial charge in [-0.3, -0.25) is 19.7 Å². The van der Waals surface area contributed by atoms with Crippen LogP contribution in [0.1, 0.15) is 37.8 Å². The van der Waals surface area contributed by atoms with Crippen LogP contribution in [-0.2, 0) is 0 Å². The number of hydrogen-bond donors (Lipinski definition) is 0. The number of carbonyl (C=O) groups is 2. The van der Waals surface area contributed by atoms with E-state index < -0.39 is 16.4 Å². The zero-order chi connectivity index (χ0) is 24.9. The summed E-state index contributed by atoms with van der Waals surface area (Å²) < 4.78 is 0. The van der Waals surface area contributed by atoms with Crippen molar-refractivity contribution in [1.82, 2.24) is 0 Å². The lowest BCUT2D eigenvalue weighted by Gasteiger charge is -2.36. The Bertz CT molecular complexity index is 1510. The van der Waals surface area contributed by atoms with Crippen LogP contribution in [0, 0.1) is 10.1 Å². The third kappa shape index (κ3) is 2.96. The molecule has 0 bridgehead atoms. The Kier molecular flexibility index (Phi) is 4.86. The lowest BCUT2D eigenvalue weighted by atomic mass is 9.72. The molecule has 0 N–H and O–H groups in total. The van der Waals surface area contributed by atoms with Crippen molar-refractivity contribution in [2.75, 3.05) is 5.01 Å². The smallest absolute Gasteiger partial charge is 0.269 e. The largest absolute Gasteiger partial charge is 0.291 e. The number of hydrazone groups is 1. The lowest BCUT2D eigenvalue weighted by molar-refractivity contribution is -0.384. The van der Waals surface area contributed by atoms with Crippen molar-refractivity contribution >= 4 is 28.7 Å². The second-order valence-electron chi connectivity index (χ2n) is 8.75. The predicted octanol–water partition coefficient (Wildman–Crippen LogP) is 5.42. The van der Waals surface area contributed by atoms with Gasteiger partial charge in [-0.25, -0.2) is 5.01 Å². The summed E-state index contributed by atoms with van der Waals surface area (Å²) in [5, 5.41) is 17.8. The van der Waals surface area contributed by atoms with Crippen LogP contribution in [0.2, 0.25) is 0 Å². The fourth-order valence-electron chi connectivity index (χ4n) is 5.26. The van der Waals surface area contributed by atoms with Crippen LogP contribution in [0.25, 0.3) is 0 Å². The van der Waals surface area contributed by atoms with Crippen LogP contribution in [-0.4, -0.2) is 27.7 Å². The molecule has 7 heteroatoms. The maximum Gasteiger partial charge on any atom is 0.269 e. The molecule has 174 valence electrons. The molecular formula is C29H19N3O4. The van der Waals surface area contributed by atoms with Gasteiger partial charge in [-0.15, -0.1) is 0 Å². The molecule has 7 nitrogen and oxygen atoms in total. The number of nitrogens with zero attached hydrogens (tertiary/aromatic N) is 3. The second-order valence-corrected chi connectivity index (χ2v) is 8.75. The minimum Gasteiger partial charge on any atom is -0.291 e. The van der Waals surface area contributed by atoms with Gasteiger partial charge in [0.15, 0.2) is 11.6 Å². The van der Waals surface area contributed by atoms with Gasteiger partial charge in [0.25, 0.3) is 5.69 Å². The van der Waals surface area contributed by atoms with E-state index in [1.54, 1.807) is 41.4 Å². The topological polar surface area (TPSA) is 92.9 Å². The van der Waals surface area contributed by atoms with E-state index in [1.165, 1.54) is 12.1 Å². The number of para-hydroxylation sites is 1. The van der Waals surface area contributed by atoms with Gasteiger partial charge in [-0.1, -0.05) is 84.9 Å². The van der Waals surface area contributed by atoms with E-state index in [9.17, 15) is 19.7 Å². The van der Waals surface area contributed by atoms with Crippen molar-refractivity contribution < 1.29 is 14.5 Å². The van der Waals surface area contributed by atoms with E-state index in [-0.39, 0.29) is 17.3 Å². The third-order valence-corrected chi connectivity index (χ3v) is 6.85. The Labute approximate surface area is 206 Å². The van der Waals surface area contributed by atoms with E-state index >= 15 is 0 Å². The molecule has 1 atom stereocenters. The normalized spacial score (nSPS) is 17.8. The van der Waals surface area contributed by atoms with Crippen molar-refractivity contribution in [3.63, 3.8) is 0 Å². The van der Waals surface area contributed by atoms with Crippen molar-refractivity contribution in [1.29, 1.82) is 0 Å². The first-order valence-corrected chi connectivity index (χ1v) is 11.5. The summed E-state index contributed by atoms with van der Waals surface area (Å²) in [6.07, 6.45) is 0. The van der Waals surface area contributed by atoms with Crippen LogP contribution in [0.3, 0.4) is 0 Å². The molecule has 0 radical (unpaired) electrons. The quantitative estimate of drug-likeness (QED) is 0.224. The van der Waals surface area contributed by atoms with Gasteiger partial charge < -0.3 is 0 Å². The minimum absolute atomic E-state index is 0.0729. The highest BCUT2D eigenvalue weighted by Gasteiger charge is 2.66. The minimum atomic E-state index is -1.70. The number of carbonyl (C=O) groups excluding carboxylic acids is 2. The number of nitro benzene ring substituents is 1. The average Bonchev–Trinajstić information content (AvgIpc) is 3.40. The summed E-state index contributed by atoms with van der Waals surface area (Å²) in [5.41, 5.74) is 1.42. The monoisotopic (exact) mass is 473 g/mol. The Morgan fingerprint density at radius 1 is 0.722 bits per heavy atom. The van der Waals surface area contributed by atoms with Crippen molar-refractivity contribution in [3.05, 3.63) is 142 Å². The first kappa shape index (κ1) is 21.6. The molecule has 1 heterocycles. The number of Topliss-reactive ketones (excluding diaryl/α,β-unsaturated/α-hetero) is 2. The average molecular weight is 473 g/mol. The number of anilines is 1. The van der Waals surface area contributed by atoms with Crippen molar-refractivity contribution in [2.45, 2.75) is 11.5 Å². The predicted molar refractivity (Wildman–Crippen MR) is 136 cm³/mol. The number of non-ortho nitro benzene ring substituents is 1. The molecule has 1 aliphatic carbocycles. The zero-order valence-corrected chi connectivity index (χ0v) is 18.9. The molecule has 4 aromatic rings. The molecule has 6 rings (SSSR count). The molecule has 2 aliphatic rings. The molecule has 0 amide bonds. The Hall–Kier alpha value is -4.91. The van der Waals surface area contributed by atoms with Crippen LogP contribution in [0.5, 0.6) is 0 Å². The standard InChI is InChI=1S/C29H19N3O4/c33-27-23-13-7-8-14-24(23)28(34)29(27)25(19-15-17-22(18-16-19)32(35)36)26(20-9-3-1-4-10-20)30-31(29)21-11-5-2-6-12-21/h1-18,25H. The number of nitro groups is 1. The maximum absolute atomic E-state index is 14.3. The highest BCUT2D eigenvalue weighted by atomic mass is 16.6. The molecule has 4 aromatic carbocycles. The second kappa shape index (κ2) is 8.09. The molecule has 0 fully saturated rings. The molecule has 1 spiro atoms. The van der Waals surface area contributed by atoms with Crippen molar-refractivity contribution in [2.24, 2.45) is 5.10 Å². The fourth-order valence-corrected chi connectivity index (χ4v) is 5.26. The summed E-state index contributed by atoms with van der Waals surface area (Å²) in [6.45, 7) is 0. The summed E-state index contributed by atoms with van der Waals surface area (Å²) in [7, 11) is 0. The van der Waals surface area contributed by atoms with Crippen LogP contribution < -0.4 is 5.01 Å².